The van der Waals surface area contributed by atoms with Crippen LogP contribution in [0.3, 0.4) is 0 Å². The van der Waals surface area contributed by atoms with Gasteiger partial charge in [-0.1, -0.05) is 12.1 Å². The molecule has 2 aliphatic rings. The van der Waals surface area contributed by atoms with Crippen molar-refractivity contribution < 1.29 is 32.5 Å². The molecule has 2 aromatic rings. The van der Waals surface area contributed by atoms with Crippen molar-refractivity contribution in [3.05, 3.63) is 65.0 Å². The van der Waals surface area contributed by atoms with Crippen molar-refractivity contribution in [2.24, 2.45) is 0 Å². The lowest BCUT2D eigenvalue weighted by Crippen LogP contribution is -2.58. The maximum atomic E-state index is 13.4. The van der Waals surface area contributed by atoms with E-state index in [0.29, 0.717) is 50.3 Å². The van der Waals surface area contributed by atoms with E-state index in [1.165, 1.54) is 12.1 Å². The number of hydrogen-bond donors (Lipinski definition) is 1. The fourth-order valence-electron chi connectivity index (χ4n) is 5.04. The Balaban J connectivity index is 1.43. The molecule has 2 aromatic carbocycles. The first kappa shape index (κ1) is 27.4. The minimum Gasteiger partial charge on any atom is -0.490 e. The number of piperidine rings is 1. The van der Waals surface area contributed by atoms with E-state index in [0.717, 1.165) is 11.1 Å². The maximum Gasteiger partial charge on any atom is 0.253 e. The van der Waals surface area contributed by atoms with Crippen LogP contribution >= 0.6 is 0 Å². The summed E-state index contributed by atoms with van der Waals surface area (Å²) in [6, 6.07) is 11.2. The first-order valence-corrected chi connectivity index (χ1v) is 12.6. The van der Waals surface area contributed by atoms with Gasteiger partial charge in [0.05, 0.1) is 23.9 Å². The van der Waals surface area contributed by atoms with Crippen molar-refractivity contribution in [3.63, 3.8) is 0 Å². The van der Waals surface area contributed by atoms with E-state index in [-0.39, 0.29) is 24.9 Å². The van der Waals surface area contributed by atoms with E-state index in [1.807, 2.05) is 6.92 Å². The summed E-state index contributed by atoms with van der Waals surface area (Å²) in [4.78, 5) is 16.7. The quantitative estimate of drug-likeness (QED) is 0.579. The molecular formula is C28H35F3N2O4. The number of likely N-dealkylation sites (tertiary alicyclic amines) is 1. The summed E-state index contributed by atoms with van der Waals surface area (Å²) in [5, 5.41) is 9.89. The highest BCUT2D eigenvalue weighted by Crippen LogP contribution is 2.38. The van der Waals surface area contributed by atoms with Crippen molar-refractivity contribution in [1.82, 2.24) is 9.80 Å². The number of rotatable bonds is 7. The van der Waals surface area contributed by atoms with Gasteiger partial charge in [-0.2, -0.15) is 0 Å². The Morgan fingerprint density at radius 2 is 1.86 bits per heavy atom. The van der Waals surface area contributed by atoms with Crippen molar-refractivity contribution in [1.29, 1.82) is 0 Å². The number of carbonyl (C=O) groups excluding carboxylic acids is 1. The largest absolute Gasteiger partial charge is 0.490 e. The van der Waals surface area contributed by atoms with Gasteiger partial charge in [0.25, 0.3) is 12.3 Å². The van der Waals surface area contributed by atoms with Crippen LogP contribution in [0.4, 0.5) is 13.2 Å². The van der Waals surface area contributed by atoms with E-state index in [4.69, 9.17) is 9.47 Å². The highest BCUT2D eigenvalue weighted by molar-refractivity contribution is 5.94. The molecule has 37 heavy (non-hydrogen) atoms. The molecule has 2 heterocycles. The molecule has 0 saturated carbocycles. The number of aliphatic hydroxyl groups is 1. The molecule has 1 N–H and O–H groups in total. The molecule has 0 aromatic heterocycles. The van der Waals surface area contributed by atoms with Crippen molar-refractivity contribution >= 4 is 5.91 Å². The van der Waals surface area contributed by atoms with Crippen LogP contribution in [0.2, 0.25) is 0 Å². The Bertz CT molecular complexity index is 1080. The second kappa shape index (κ2) is 11.0. The molecule has 0 aliphatic carbocycles. The summed E-state index contributed by atoms with van der Waals surface area (Å²) in [5.41, 5.74) is 0.460. The van der Waals surface area contributed by atoms with Gasteiger partial charge in [0.2, 0.25) is 0 Å². The molecule has 2 aliphatic heterocycles. The van der Waals surface area contributed by atoms with Gasteiger partial charge >= 0.3 is 0 Å². The third kappa shape index (κ3) is 7.03. The number of alkyl halides is 2. The van der Waals surface area contributed by atoms with Crippen molar-refractivity contribution in [2.45, 2.75) is 57.3 Å². The minimum atomic E-state index is -2.47. The van der Waals surface area contributed by atoms with Crippen LogP contribution < -0.4 is 4.74 Å². The van der Waals surface area contributed by atoms with Gasteiger partial charge in [-0.25, -0.2) is 13.2 Å². The van der Waals surface area contributed by atoms with Gasteiger partial charge in [-0.3, -0.25) is 9.69 Å². The van der Waals surface area contributed by atoms with Crippen LogP contribution in [0.25, 0.3) is 0 Å². The summed E-state index contributed by atoms with van der Waals surface area (Å²) in [6.45, 7) is 6.50. The number of halogens is 3. The zero-order valence-corrected chi connectivity index (χ0v) is 21.6. The SMILES string of the molecule is Cc1cc(C(=O)N2CCC3(CC2)CN(CC(F)F)CC(c2ccc(F)cc2)O3)ccc1OCC(C)(C)O. The van der Waals surface area contributed by atoms with Gasteiger partial charge in [0, 0.05) is 31.7 Å². The Kier molecular flexibility index (Phi) is 8.16. The maximum absolute atomic E-state index is 13.4. The molecule has 1 atom stereocenters. The number of carbonyl (C=O) groups is 1. The molecule has 4 rings (SSSR count). The monoisotopic (exact) mass is 520 g/mol. The lowest BCUT2D eigenvalue weighted by molar-refractivity contribution is -0.180. The van der Waals surface area contributed by atoms with Crippen LogP contribution in [-0.4, -0.2) is 77.8 Å². The molecule has 202 valence electrons. The van der Waals surface area contributed by atoms with E-state index in [1.54, 1.807) is 54.0 Å². The molecule has 0 radical (unpaired) electrons. The molecule has 1 spiro atoms. The molecule has 2 saturated heterocycles. The molecule has 9 heteroatoms. The van der Waals surface area contributed by atoms with E-state index in [9.17, 15) is 23.1 Å². The second-order valence-corrected chi connectivity index (χ2v) is 10.8. The third-order valence-corrected chi connectivity index (χ3v) is 6.93. The highest BCUT2D eigenvalue weighted by Gasteiger charge is 2.44. The summed E-state index contributed by atoms with van der Waals surface area (Å²) < 4.78 is 52.2. The van der Waals surface area contributed by atoms with Crippen molar-refractivity contribution in [2.75, 3.05) is 39.3 Å². The number of hydrogen-bond acceptors (Lipinski definition) is 5. The van der Waals surface area contributed by atoms with Gasteiger partial charge in [-0.15, -0.1) is 0 Å². The average molecular weight is 521 g/mol. The second-order valence-electron chi connectivity index (χ2n) is 10.8. The fraction of sp³-hybridized carbons (Fsp3) is 0.536. The smallest absolute Gasteiger partial charge is 0.253 e. The predicted molar refractivity (Wildman–Crippen MR) is 134 cm³/mol. The zero-order chi connectivity index (χ0) is 26.8. The van der Waals surface area contributed by atoms with Gasteiger partial charge < -0.3 is 19.5 Å². The Morgan fingerprint density at radius 3 is 2.46 bits per heavy atom. The molecule has 1 unspecified atom stereocenters. The normalized spacial score (nSPS) is 20.4. The highest BCUT2D eigenvalue weighted by atomic mass is 19.3. The predicted octanol–water partition coefficient (Wildman–Crippen LogP) is 4.60. The van der Waals surface area contributed by atoms with E-state index < -0.39 is 23.7 Å². The van der Waals surface area contributed by atoms with Gasteiger partial charge in [0.1, 0.15) is 18.2 Å². The minimum absolute atomic E-state index is 0.109. The average Bonchev–Trinajstić information content (AvgIpc) is 2.82. The number of aryl methyl sites for hydroxylation is 1. The zero-order valence-electron chi connectivity index (χ0n) is 21.6. The summed E-state index contributed by atoms with van der Waals surface area (Å²) in [5.74, 6) is 0.137. The lowest BCUT2D eigenvalue weighted by atomic mass is 9.87. The number of nitrogens with zero attached hydrogens (tertiary/aromatic N) is 2. The van der Waals surface area contributed by atoms with Crippen LogP contribution in [-0.2, 0) is 4.74 Å². The van der Waals surface area contributed by atoms with Crippen LogP contribution in [0.5, 0.6) is 5.75 Å². The van der Waals surface area contributed by atoms with E-state index in [2.05, 4.69) is 0 Å². The molecular weight excluding hydrogens is 485 g/mol. The Labute approximate surface area is 216 Å². The van der Waals surface area contributed by atoms with Crippen LogP contribution in [0.1, 0.15) is 54.3 Å². The first-order chi connectivity index (χ1) is 17.4. The Morgan fingerprint density at radius 1 is 1.19 bits per heavy atom. The summed E-state index contributed by atoms with van der Waals surface area (Å²) >= 11 is 0. The van der Waals surface area contributed by atoms with Gasteiger partial charge in [0.15, 0.2) is 0 Å². The topological polar surface area (TPSA) is 62.2 Å². The first-order valence-electron chi connectivity index (χ1n) is 12.6. The van der Waals surface area contributed by atoms with Gasteiger partial charge in [-0.05, 0) is 75.1 Å². The molecule has 6 nitrogen and oxygen atoms in total. The summed E-state index contributed by atoms with van der Waals surface area (Å²) in [6.07, 6.45) is -1.89. The van der Waals surface area contributed by atoms with Crippen LogP contribution in [0.15, 0.2) is 42.5 Å². The fourth-order valence-corrected chi connectivity index (χ4v) is 5.04. The summed E-state index contributed by atoms with van der Waals surface area (Å²) in [7, 11) is 0. The molecule has 2 fully saturated rings. The standard InChI is InChI=1S/C28H35F3N2O4/c1-19-14-21(6-9-23(19)36-18-27(2,3)35)26(34)33-12-10-28(11-13-33)17-32(16-25(30)31)15-24(37-28)20-4-7-22(29)8-5-20/h4-9,14,24-25,35H,10-13,15-18H2,1-3H3. The molecule has 1 amide bonds. The third-order valence-electron chi connectivity index (χ3n) is 6.93. The Hall–Kier alpha value is -2.62. The molecule has 0 bridgehead atoms. The number of morpholine rings is 1. The van der Waals surface area contributed by atoms with Crippen LogP contribution in [0, 0.1) is 12.7 Å². The van der Waals surface area contributed by atoms with Crippen molar-refractivity contribution in [3.8, 4) is 5.75 Å². The number of ether oxygens (including phenoxy) is 2. The number of amides is 1. The lowest BCUT2D eigenvalue weighted by Gasteiger charge is -2.50. The number of benzene rings is 2. The van der Waals surface area contributed by atoms with E-state index >= 15 is 0 Å².